The van der Waals surface area contributed by atoms with Crippen LogP contribution in [-0.4, -0.2) is 41.5 Å². The lowest BCUT2D eigenvalue weighted by Crippen LogP contribution is -2.48. The summed E-state index contributed by atoms with van der Waals surface area (Å²) in [6.45, 7) is 4.29. The average molecular weight is 467 g/mol. The van der Waals surface area contributed by atoms with Crippen molar-refractivity contribution in [2.75, 3.05) is 6.54 Å². The van der Waals surface area contributed by atoms with Gasteiger partial charge in [-0.1, -0.05) is 72.8 Å². The van der Waals surface area contributed by atoms with Crippen LogP contribution in [-0.2, 0) is 6.42 Å². The topological polar surface area (TPSA) is 79.0 Å². The Morgan fingerprint density at radius 3 is 2.51 bits per heavy atom. The molecule has 0 bridgehead atoms. The minimum absolute atomic E-state index is 0.110. The molecule has 1 unspecified atom stereocenters. The third-order valence-corrected chi connectivity index (χ3v) is 6.37. The molecular formula is C29H30N4O2. The third kappa shape index (κ3) is 5.84. The fourth-order valence-electron chi connectivity index (χ4n) is 4.49. The van der Waals surface area contributed by atoms with Gasteiger partial charge in [0.1, 0.15) is 6.29 Å². The number of hydrogen-bond donors (Lipinski definition) is 1. The monoisotopic (exact) mass is 466 g/mol. The number of piperidine rings is 1. The molecule has 6 heteroatoms. The Labute approximate surface area is 206 Å². The van der Waals surface area contributed by atoms with Gasteiger partial charge in [0, 0.05) is 24.9 Å². The molecule has 0 saturated carbocycles. The Kier molecular flexibility index (Phi) is 7.73. The Bertz CT molecular complexity index is 1200. The highest BCUT2D eigenvalue weighted by atomic mass is 16.2. The van der Waals surface area contributed by atoms with Gasteiger partial charge in [0.15, 0.2) is 0 Å². The van der Waals surface area contributed by atoms with Gasteiger partial charge in [-0.3, -0.25) is 4.79 Å². The van der Waals surface area contributed by atoms with Crippen molar-refractivity contribution in [3.05, 3.63) is 102 Å². The number of nitrogens with two attached hydrogens (primary N) is 1. The van der Waals surface area contributed by atoms with Crippen LogP contribution in [0.5, 0.6) is 0 Å². The predicted octanol–water partition coefficient (Wildman–Crippen LogP) is 5.56. The summed E-state index contributed by atoms with van der Waals surface area (Å²) in [7, 11) is 0. The number of hydrazone groups is 1. The number of urea groups is 1. The minimum Gasteiger partial charge on any atom is -0.397 e. The van der Waals surface area contributed by atoms with E-state index in [0.717, 1.165) is 48.7 Å². The van der Waals surface area contributed by atoms with E-state index in [1.165, 1.54) is 16.8 Å². The molecule has 1 saturated heterocycles. The summed E-state index contributed by atoms with van der Waals surface area (Å²) in [6, 6.07) is 25.2. The van der Waals surface area contributed by atoms with E-state index in [0.29, 0.717) is 17.8 Å². The molecule has 1 fully saturated rings. The summed E-state index contributed by atoms with van der Waals surface area (Å²) in [5.74, 6) is 0. The third-order valence-electron chi connectivity index (χ3n) is 6.37. The normalized spacial score (nSPS) is 15.9. The van der Waals surface area contributed by atoms with E-state index in [1.54, 1.807) is 6.07 Å². The Hall–Kier alpha value is -4.19. The largest absolute Gasteiger partial charge is 0.397 e. The van der Waals surface area contributed by atoms with Crippen molar-refractivity contribution < 1.29 is 9.59 Å². The quantitative estimate of drug-likeness (QED) is 0.281. The van der Waals surface area contributed by atoms with E-state index in [4.69, 9.17) is 5.73 Å². The molecule has 0 radical (unpaired) electrons. The molecule has 178 valence electrons. The SMILES string of the molecule is C=NN(/C=C(\N)c1ccc(-c2cccc(C=O)c2)cc1)C(=O)N1CCCCC1Cc1ccccc1. The number of aldehydes is 1. The second kappa shape index (κ2) is 11.3. The van der Waals surface area contributed by atoms with Gasteiger partial charge < -0.3 is 10.6 Å². The van der Waals surface area contributed by atoms with Gasteiger partial charge in [-0.25, -0.2) is 4.79 Å². The molecular weight excluding hydrogens is 436 g/mol. The number of nitrogens with zero attached hydrogens (tertiary/aromatic N) is 3. The summed E-state index contributed by atoms with van der Waals surface area (Å²) in [5.41, 5.74) is 11.3. The summed E-state index contributed by atoms with van der Waals surface area (Å²) in [5, 5.41) is 5.19. The first-order valence-electron chi connectivity index (χ1n) is 11.8. The van der Waals surface area contributed by atoms with Gasteiger partial charge in [0.2, 0.25) is 0 Å². The lowest BCUT2D eigenvalue weighted by molar-refractivity contribution is 0.112. The Morgan fingerprint density at radius 2 is 1.80 bits per heavy atom. The number of likely N-dealkylation sites (tertiary alicyclic amines) is 1. The van der Waals surface area contributed by atoms with Gasteiger partial charge >= 0.3 is 6.03 Å². The van der Waals surface area contributed by atoms with Gasteiger partial charge in [-0.2, -0.15) is 10.1 Å². The van der Waals surface area contributed by atoms with Crippen LogP contribution in [0.3, 0.4) is 0 Å². The van der Waals surface area contributed by atoms with Crippen LogP contribution in [0, 0.1) is 0 Å². The molecule has 35 heavy (non-hydrogen) atoms. The minimum atomic E-state index is -0.217. The second-order valence-corrected chi connectivity index (χ2v) is 8.71. The molecule has 0 spiro atoms. The van der Waals surface area contributed by atoms with Crippen molar-refractivity contribution in [2.24, 2.45) is 10.8 Å². The number of carbonyl (C=O) groups is 2. The lowest BCUT2D eigenvalue weighted by atomic mass is 9.96. The van der Waals surface area contributed by atoms with Crippen LogP contribution in [0.2, 0.25) is 0 Å². The van der Waals surface area contributed by atoms with Gasteiger partial charge in [-0.05, 0) is 54.0 Å². The molecule has 3 aromatic carbocycles. The summed E-state index contributed by atoms with van der Waals surface area (Å²) in [4.78, 5) is 26.3. The van der Waals surface area contributed by atoms with Crippen LogP contribution in [0.25, 0.3) is 16.8 Å². The summed E-state index contributed by atoms with van der Waals surface area (Å²) < 4.78 is 0. The second-order valence-electron chi connectivity index (χ2n) is 8.71. The van der Waals surface area contributed by atoms with Gasteiger partial charge in [-0.15, -0.1) is 0 Å². The molecule has 1 heterocycles. The zero-order chi connectivity index (χ0) is 24.6. The van der Waals surface area contributed by atoms with E-state index in [1.807, 2.05) is 65.6 Å². The number of carbonyl (C=O) groups excluding carboxylic acids is 2. The van der Waals surface area contributed by atoms with Crippen molar-refractivity contribution >= 4 is 24.7 Å². The smallest absolute Gasteiger partial charge is 0.344 e. The molecule has 2 amide bonds. The van der Waals surface area contributed by atoms with Gasteiger partial charge in [0.25, 0.3) is 0 Å². The highest BCUT2D eigenvalue weighted by Gasteiger charge is 2.29. The fourth-order valence-corrected chi connectivity index (χ4v) is 4.49. The number of hydrogen-bond acceptors (Lipinski definition) is 4. The predicted molar refractivity (Wildman–Crippen MR) is 141 cm³/mol. The zero-order valence-electron chi connectivity index (χ0n) is 19.7. The molecule has 0 aliphatic carbocycles. The zero-order valence-corrected chi connectivity index (χ0v) is 19.7. The Balaban J connectivity index is 1.50. The molecule has 1 atom stereocenters. The lowest BCUT2D eigenvalue weighted by Gasteiger charge is -2.37. The highest BCUT2D eigenvalue weighted by Crippen LogP contribution is 2.24. The van der Waals surface area contributed by atoms with E-state index in [2.05, 4.69) is 24.0 Å². The van der Waals surface area contributed by atoms with Crippen LogP contribution in [0.1, 0.15) is 40.7 Å². The maximum absolute atomic E-state index is 13.4. The fraction of sp³-hybridized carbons (Fsp3) is 0.207. The van der Waals surface area contributed by atoms with Crippen molar-refractivity contribution in [1.29, 1.82) is 0 Å². The first-order chi connectivity index (χ1) is 17.1. The molecule has 0 aromatic heterocycles. The Morgan fingerprint density at radius 1 is 1.03 bits per heavy atom. The first-order valence-corrected chi connectivity index (χ1v) is 11.8. The van der Waals surface area contributed by atoms with Gasteiger partial charge in [0.05, 0.1) is 11.9 Å². The molecule has 4 rings (SSSR count). The van der Waals surface area contributed by atoms with Crippen molar-refractivity contribution in [1.82, 2.24) is 9.91 Å². The molecule has 2 N–H and O–H groups in total. The van der Waals surface area contributed by atoms with E-state index < -0.39 is 0 Å². The molecule has 1 aliphatic rings. The van der Waals surface area contributed by atoms with Crippen molar-refractivity contribution in [3.8, 4) is 11.1 Å². The standard InChI is InChI=1S/C29H30N4O2/c1-31-33(29(35)32-17-6-5-12-27(32)19-22-8-3-2-4-9-22)20-28(30)25-15-13-24(14-16-25)26-11-7-10-23(18-26)21-34/h2-4,7-11,13-16,18,20-21,27H,1,5-6,12,17,19,30H2/b28-20-. The van der Waals surface area contributed by atoms with Crippen LogP contribution < -0.4 is 5.73 Å². The highest BCUT2D eigenvalue weighted by molar-refractivity contribution is 5.80. The van der Waals surface area contributed by atoms with E-state index in [9.17, 15) is 9.59 Å². The summed E-state index contributed by atoms with van der Waals surface area (Å²) >= 11 is 0. The maximum atomic E-state index is 13.4. The molecule has 3 aromatic rings. The maximum Gasteiger partial charge on any atom is 0.344 e. The number of amides is 2. The summed E-state index contributed by atoms with van der Waals surface area (Å²) in [6.07, 6.45) is 6.20. The van der Waals surface area contributed by atoms with Crippen LogP contribution in [0.4, 0.5) is 4.79 Å². The van der Waals surface area contributed by atoms with Crippen molar-refractivity contribution in [2.45, 2.75) is 31.7 Å². The molecule has 1 aliphatic heterocycles. The molecule has 6 nitrogen and oxygen atoms in total. The van der Waals surface area contributed by atoms with Crippen LogP contribution >= 0.6 is 0 Å². The first kappa shape index (κ1) is 24.0. The number of rotatable bonds is 7. The van der Waals surface area contributed by atoms with E-state index >= 15 is 0 Å². The average Bonchev–Trinajstić information content (AvgIpc) is 2.92. The van der Waals surface area contributed by atoms with Crippen molar-refractivity contribution in [3.63, 3.8) is 0 Å². The number of benzene rings is 3. The van der Waals surface area contributed by atoms with E-state index in [-0.39, 0.29) is 12.1 Å². The van der Waals surface area contributed by atoms with Crippen LogP contribution in [0.15, 0.2) is 90.2 Å².